The second-order valence-electron chi connectivity index (χ2n) is 7.55. The van der Waals surface area contributed by atoms with Crippen molar-refractivity contribution in [2.75, 3.05) is 26.2 Å². The van der Waals surface area contributed by atoms with E-state index >= 15 is 0 Å². The molecule has 0 spiro atoms. The van der Waals surface area contributed by atoms with Gasteiger partial charge in [0.25, 0.3) is 5.91 Å². The minimum atomic E-state index is -0.0596. The molecule has 2 aromatic rings. The van der Waals surface area contributed by atoms with E-state index in [0.717, 1.165) is 31.7 Å². The van der Waals surface area contributed by atoms with Crippen molar-refractivity contribution in [1.29, 1.82) is 0 Å². The number of nitrogens with zero attached hydrogens (tertiary/aromatic N) is 1. The van der Waals surface area contributed by atoms with Crippen LogP contribution >= 0.6 is 0 Å². The molecule has 1 saturated heterocycles. The van der Waals surface area contributed by atoms with Crippen molar-refractivity contribution in [3.05, 3.63) is 65.2 Å². The van der Waals surface area contributed by atoms with Crippen molar-refractivity contribution < 1.29 is 9.53 Å². The summed E-state index contributed by atoms with van der Waals surface area (Å²) in [5.41, 5.74) is 4.05. The second-order valence-corrected chi connectivity index (χ2v) is 7.55. The average molecular weight is 364 g/mol. The van der Waals surface area contributed by atoms with Gasteiger partial charge in [-0.15, -0.1) is 0 Å². The molecule has 1 N–H and O–H groups in total. The monoisotopic (exact) mass is 364 g/mol. The van der Waals surface area contributed by atoms with Gasteiger partial charge in [0.05, 0.1) is 6.04 Å². The molecule has 0 saturated carbocycles. The number of nitrogens with one attached hydrogen (secondary N) is 1. The molecule has 1 fully saturated rings. The van der Waals surface area contributed by atoms with Crippen LogP contribution in [-0.2, 0) is 17.6 Å². The van der Waals surface area contributed by atoms with E-state index in [2.05, 4.69) is 46.6 Å². The van der Waals surface area contributed by atoms with Gasteiger partial charge in [0.2, 0.25) is 0 Å². The van der Waals surface area contributed by atoms with Crippen LogP contribution < -0.4 is 10.1 Å². The molecule has 4 heteroatoms. The van der Waals surface area contributed by atoms with E-state index < -0.39 is 0 Å². The van der Waals surface area contributed by atoms with E-state index in [0.29, 0.717) is 6.54 Å². The fourth-order valence-electron chi connectivity index (χ4n) is 4.23. The topological polar surface area (TPSA) is 41.6 Å². The number of rotatable bonds is 7. The third-order valence-corrected chi connectivity index (χ3v) is 5.70. The van der Waals surface area contributed by atoms with E-state index in [1.165, 1.54) is 36.0 Å². The molecular formula is C23H28N2O2. The Labute approximate surface area is 161 Å². The number of ether oxygens (including phenoxy) is 1. The fraction of sp³-hybridized carbons (Fsp3) is 0.435. The highest BCUT2D eigenvalue weighted by molar-refractivity contribution is 5.77. The van der Waals surface area contributed by atoms with Crippen molar-refractivity contribution in [3.8, 4) is 5.75 Å². The third-order valence-electron chi connectivity index (χ3n) is 5.70. The molecule has 4 nitrogen and oxygen atoms in total. The van der Waals surface area contributed by atoms with E-state index in [9.17, 15) is 4.79 Å². The molecule has 27 heavy (non-hydrogen) atoms. The summed E-state index contributed by atoms with van der Waals surface area (Å²) in [4.78, 5) is 14.8. The lowest BCUT2D eigenvalue weighted by Gasteiger charge is -2.28. The van der Waals surface area contributed by atoms with Crippen molar-refractivity contribution in [3.63, 3.8) is 0 Å². The highest BCUT2D eigenvalue weighted by Crippen LogP contribution is 2.26. The number of fused-ring (bicyclic) bond motifs is 1. The van der Waals surface area contributed by atoms with E-state index in [1.54, 1.807) is 0 Å². The maximum Gasteiger partial charge on any atom is 0.258 e. The van der Waals surface area contributed by atoms with Crippen LogP contribution in [0.25, 0.3) is 0 Å². The Morgan fingerprint density at radius 2 is 1.78 bits per heavy atom. The van der Waals surface area contributed by atoms with Crippen LogP contribution in [0.4, 0.5) is 0 Å². The predicted octanol–water partition coefficient (Wildman–Crippen LogP) is 3.51. The van der Waals surface area contributed by atoms with Crippen LogP contribution in [0.1, 0.15) is 42.0 Å². The van der Waals surface area contributed by atoms with Crippen LogP contribution in [0.15, 0.2) is 48.5 Å². The fourth-order valence-corrected chi connectivity index (χ4v) is 4.23. The normalized spacial score (nSPS) is 17.5. The zero-order chi connectivity index (χ0) is 18.5. The lowest BCUT2D eigenvalue weighted by molar-refractivity contribution is -0.123. The van der Waals surface area contributed by atoms with Crippen molar-refractivity contribution in [1.82, 2.24) is 10.2 Å². The summed E-state index contributed by atoms with van der Waals surface area (Å²) in [6, 6.07) is 16.9. The maximum absolute atomic E-state index is 12.3. The molecule has 0 aromatic heterocycles. The number of carbonyl (C=O) groups excluding carboxylic acids is 1. The zero-order valence-corrected chi connectivity index (χ0v) is 15.8. The Hall–Kier alpha value is -2.33. The van der Waals surface area contributed by atoms with Gasteiger partial charge in [0, 0.05) is 6.54 Å². The summed E-state index contributed by atoms with van der Waals surface area (Å²) in [6.07, 6.45) is 5.97. The van der Waals surface area contributed by atoms with Crippen LogP contribution in [0.2, 0.25) is 0 Å². The molecule has 0 bridgehead atoms. The molecule has 1 amide bonds. The summed E-state index contributed by atoms with van der Waals surface area (Å²) >= 11 is 0. The quantitative estimate of drug-likeness (QED) is 0.817. The van der Waals surface area contributed by atoms with Gasteiger partial charge in [-0.3, -0.25) is 9.69 Å². The smallest absolute Gasteiger partial charge is 0.258 e. The SMILES string of the molecule is O=C(COc1ccc2c(c1)CCC2)NCC(c1ccccc1)N1CCCC1. The van der Waals surface area contributed by atoms with Crippen LogP contribution in [-0.4, -0.2) is 37.0 Å². The minimum absolute atomic E-state index is 0.0596. The summed E-state index contributed by atoms with van der Waals surface area (Å²) < 4.78 is 5.73. The standard InChI is InChI=1S/C23H28N2O2/c26-23(17-27-21-12-11-18-9-6-10-20(18)15-21)24-16-22(25-13-4-5-14-25)19-7-2-1-3-8-19/h1-3,7-8,11-12,15,22H,4-6,9-10,13-14,16-17H2,(H,24,26). The lowest BCUT2D eigenvalue weighted by atomic mass is 10.1. The first-order valence-corrected chi connectivity index (χ1v) is 10.1. The summed E-state index contributed by atoms with van der Waals surface area (Å²) in [5, 5.41) is 3.08. The molecule has 1 unspecified atom stereocenters. The number of benzene rings is 2. The van der Waals surface area contributed by atoms with Gasteiger partial charge in [-0.2, -0.15) is 0 Å². The first-order valence-electron chi connectivity index (χ1n) is 10.1. The van der Waals surface area contributed by atoms with Crippen molar-refractivity contribution in [2.24, 2.45) is 0 Å². The minimum Gasteiger partial charge on any atom is -0.484 e. The Balaban J connectivity index is 1.31. The number of hydrogen-bond acceptors (Lipinski definition) is 3. The Morgan fingerprint density at radius 1 is 1.00 bits per heavy atom. The summed E-state index contributed by atoms with van der Waals surface area (Å²) in [5.74, 6) is 0.737. The molecule has 142 valence electrons. The van der Waals surface area contributed by atoms with E-state index in [1.807, 2.05) is 12.1 Å². The summed E-state index contributed by atoms with van der Waals surface area (Å²) in [7, 11) is 0. The maximum atomic E-state index is 12.3. The highest BCUT2D eigenvalue weighted by atomic mass is 16.5. The number of likely N-dealkylation sites (tertiary alicyclic amines) is 1. The number of hydrogen-bond donors (Lipinski definition) is 1. The summed E-state index contributed by atoms with van der Waals surface area (Å²) in [6.45, 7) is 2.89. The van der Waals surface area contributed by atoms with E-state index in [4.69, 9.17) is 4.74 Å². The molecule has 1 heterocycles. The van der Waals surface area contributed by atoms with Crippen LogP contribution in [0, 0.1) is 0 Å². The first kappa shape index (κ1) is 18.1. The van der Waals surface area contributed by atoms with Gasteiger partial charge in [-0.05, 0) is 74.0 Å². The van der Waals surface area contributed by atoms with Crippen molar-refractivity contribution >= 4 is 5.91 Å². The Kier molecular flexibility index (Phi) is 5.73. The van der Waals surface area contributed by atoms with Gasteiger partial charge < -0.3 is 10.1 Å². The van der Waals surface area contributed by atoms with Gasteiger partial charge in [0.1, 0.15) is 5.75 Å². The molecule has 4 rings (SSSR count). The van der Waals surface area contributed by atoms with Crippen LogP contribution in [0.3, 0.4) is 0 Å². The number of carbonyl (C=O) groups is 1. The van der Waals surface area contributed by atoms with Gasteiger partial charge in [-0.1, -0.05) is 36.4 Å². The second kappa shape index (κ2) is 8.57. The number of amides is 1. The molecule has 1 atom stereocenters. The van der Waals surface area contributed by atoms with E-state index in [-0.39, 0.29) is 18.6 Å². The predicted molar refractivity (Wildman–Crippen MR) is 107 cm³/mol. The zero-order valence-electron chi connectivity index (χ0n) is 15.8. The lowest BCUT2D eigenvalue weighted by Crippen LogP contribution is -2.38. The van der Waals surface area contributed by atoms with Gasteiger partial charge in [-0.25, -0.2) is 0 Å². The van der Waals surface area contributed by atoms with Crippen LogP contribution in [0.5, 0.6) is 5.75 Å². The Morgan fingerprint density at radius 3 is 2.59 bits per heavy atom. The third kappa shape index (κ3) is 4.51. The largest absolute Gasteiger partial charge is 0.484 e. The highest BCUT2D eigenvalue weighted by Gasteiger charge is 2.23. The van der Waals surface area contributed by atoms with Gasteiger partial charge in [0.15, 0.2) is 6.61 Å². The molecule has 1 aliphatic carbocycles. The first-order chi connectivity index (χ1) is 13.3. The number of aryl methyl sites for hydroxylation is 2. The molecule has 2 aliphatic rings. The molecular weight excluding hydrogens is 336 g/mol. The average Bonchev–Trinajstić information content (AvgIpc) is 3.39. The Bertz CT molecular complexity index is 769. The van der Waals surface area contributed by atoms with Crippen molar-refractivity contribution in [2.45, 2.75) is 38.1 Å². The molecule has 2 aromatic carbocycles. The van der Waals surface area contributed by atoms with Gasteiger partial charge >= 0.3 is 0 Å². The molecule has 1 aliphatic heterocycles. The molecule has 0 radical (unpaired) electrons.